The Morgan fingerprint density at radius 2 is 1.76 bits per heavy atom. The maximum atomic E-state index is 5.72. The minimum atomic E-state index is 0.185. The van der Waals surface area contributed by atoms with Crippen molar-refractivity contribution in [2.24, 2.45) is 10.8 Å². The van der Waals surface area contributed by atoms with Gasteiger partial charge in [-0.2, -0.15) is 15.0 Å². The van der Waals surface area contributed by atoms with Gasteiger partial charge in [0, 0.05) is 6.04 Å². The second kappa shape index (κ2) is 5.66. The van der Waals surface area contributed by atoms with E-state index in [9.17, 15) is 0 Å². The van der Waals surface area contributed by atoms with Crippen LogP contribution in [0, 0.1) is 10.8 Å². The van der Waals surface area contributed by atoms with E-state index >= 15 is 0 Å². The smallest absolute Gasteiger partial charge is 0.323 e. The van der Waals surface area contributed by atoms with Crippen LogP contribution >= 0.6 is 0 Å². The predicted molar refractivity (Wildman–Crippen MR) is 84.2 cm³/mol. The lowest BCUT2D eigenvalue weighted by atomic mass is 9.63. The first kappa shape index (κ1) is 15.8. The predicted octanol–water partition coefficient (Wildman–Crippen LogP) is 2.87. The summed E-state index contributed by atoms with van der Waals surface area (Å²) in [6.45, 7) is 11.7. The van der Waals surface area contributed by atoms with Crippen LogP contribution < -0.4 is 15.8 Å². The summed E-state index contributed by atoms with van der Waals surface area (Å²) in [5.74, 6) is 0.690. The van der Waals surface area contributed by atoms with Gasteiger partial charge < -0.3 is 15.8 Å². The van der Waals surface area contributed by atoms with E-state index in [0.717, 1.165) is 12.8 Å². The maximum Gasteiger partial charge on any atom is 0.323 e. The Labute approximate surface area is 126 Å². The van der Waals surface area contributed by atoms with E-state index in [4.69, 9.17) is 10.5 Å². The molecule has 6 nitrogen and oxygen atoms in total. The van der Waals surface area contributed by atoms with Crippen LogP contribution in [0.15, 0.2) is 0 Å². The summed E-state index contributed by atoms with van der Waals surface area (Å²) >= 11 is 0. The molecule has 1 aromatic rings. The van der Waals surface area contributed by atoms with Crippen LogP contribution in [0.3, 0.4) is 0 Å². The highest BCUT2D eigenvalue weighted by molar-refractivity contribution is 5.34. The summed E-state index contributed by atoms with van der Waals surface area (Å²) in [5, 5.41) is 3.41. The molecule has 0 saturated heterocycles. The number of nitrogen functional groups attached to an aromatic ring is 1. The Morgan fingerprint density at radius 3 is 2.33 bits per heavy atom. The number of hydrogen-bond donors (Lipinski definition) is 2. The molecule has 1 aliphatic carbocycles. The van der Waals surface area contributed by atoms with E-state index in [-0.39, 0.29) is 12.0 Å². The summed E-state index contributed by atoms with van der Waals surface area (Å²) < 4.78 is 5.32. The minimum absolute atomic E-state index is 0.185. The molecule has 0 bridgehead atoms. The van der Waals surface area contributed by atoms with Crippen LogP contribution in [0.25, 0.3) is 0 Å². The van der Waals surface area contributed by atoms with E-state index in [1.165, 1.54) is 6.42 Å². The van der Waals surface area contributed by atoms with Gasteiger partial charge in [-0.05, 0) is 37.0 Å². The highest BCUT2D eigenvalue weighted by atomic mass is 16.5. The summed E-state index contributed by atoms with van der Waals surface area (Å²) in [5.41, 5.74) is 6.33. The van der Waals surface area contributed by atoms with Gasteiger partial charge in [-0.15, -0.1) is 0 Å². The van der Waals surface area contributed by atoms with Crippen LogP contribution in [0.1, 0.15) is 53.9 Å². The summed E-state index contributed by atoms with van der Waals surface area (Å²) in [6, 6.07) is 0.613. The molecule has 0 aliphatic heterocycles. The van der Waals surface area contributed by atoms with Crippen LogP contribution in [0.5, 0.6) is 6.01 Å². The maximum absolute atomic E-state index is 5.72. The molecule has 118 valence electrons. The Morgan fingerprint density at radius 1 is 1.14 bits per heavy atom. The Bertz CT molecular complexity index is 485. The van der Waals surface area contributed by atoms with E-state index < -0.39 is 0 Å². The molecule has 6 heteroatoms. The number of anilines is 2. The fraction of sp³-hybridized carbons (Fsp3) is 0.800. The topological polar surface area (TPSA) is 86.0 Å². The summed E-state index contributed by atoms with van der Waals surface area (Å²) in [7, 11) is 0. The van der Waals surface area contributed by atoms with Crippen LogP contribution in [-0.4, -0.2) is 27.6 Å². The van der Waals surface area contributed by atoms with Crippen molar-refractivity contribution in [1.82, 2.24) is 15.0 Å². The minimum Gasteiger partial charge on any atom is -0.464 e. The van der Waals surface area contributed by atoms with Gasteiger partial charge in [0.05, 0.1) is 6.61 Å². The molecule has 0 unspecified atom stereocenters. The fourth-order valence-corrected chi connectivity index (χ4v) is 3.76. The lowest BCUT2D eigenvalue weighted by Crippen LogP contribution is -2.40. The van der Waals surface area contributed by atoms with Crippen LogP contribution in [0.2, 0.25) is 0 Å². The lowest BCUT2D eigenvalue weighted by Gasteiger charge is -2.45. The molecule has 21 heavy (non-hydrogen) atoms. The van der Waals surface area contributed by atoms with Crippen molar-refractivity contribution in [3.63, 3.8) is 0 Å². The van der Waals surface area contributed by atoms with Gasteiger partial charge in [0.25, 0.3) is 0 Å². The van der Waals surface area contributed by atoms with Crippen molar-refractivity contribution in [2.75, 3.05) is 17.7 Å². The van der Waals surface area contributed by atoms with Gasteiger partial charge in [0.2, 0.25) is 11.9 Å². The van der Waals surface area contributed by atoms with Crippen molar-refractivity contribution < 1.29 is 4.74 Å². The molecule has 3 N–H and O–H groups in total. The Hall–Kier alpha value is -1.59. The summed E-state index contributed by atoms with van der Waals surface area (Å²) in [6.07, 6.45) is 3.40. The first-order valence-electron chi connectivity index (χ1n) is 7.60. The molecular formula is C15H27N5O. The van der Waals surface area contributed by atoms with Gasteiger partial charge >= 0.3 is 6.01 Å². The van der Waals surface area contributed by atoms with Crippen LogP contribution in [-0.2, 0) is 0 Å². The number of nitrogens with two attached hydrogens (primary N) is 1. The van der Waals surface area contributed by atoms with Crippen LogP contribution in [0.4, 0.5) is 11.9 Å². The SMILES string of the molecule is CCOc1nc(N)nc(NC2CC(C)(C)CC(C)(C)C2)n1. The van der Waals surface area contributed by atoms with E-state index in [1.807, 2.05) is 6.92 Å². The molecule has 1 aromatic heterocycles. The van der Waals surface area contributed by atoms with Gasteiger partial charge in [-0.3, -0.25) is 0 Å². The van der Waals surface area contributed by atoms with Crippen molar-refractivity contribution in [1.29, 1.82) is 0 Å². The number of rotatable bonds is 4. The third-order valence-corrected chi connectivity index (χ3v) is 3.79. The zero-order valence-electron chi connectivity index (χ0n) is 13.7. The molecule has 0 radical (unpaired) electrons. The second-order valence-electron chi connectivity index (χ2n) is 7.49. The molecule has 1 aliphatic rings. The monoisotopic (exact) mass is 293 g/mol. The van der Waals surface area contributed by atoms with Gasteiger partial charge in [0.1, 0.15) is 0 Å². The molecular weight excluding hydrogens is 266 g/mol. The number of ether oxygens (including phenoxy) is 1. The fourth-order valence-electron chi connectivity index (χ4n) is 3.76. The quantitative estimate of drug-likeness (QED) is 0.887. The second-order valence-corrected chi connectivity index (χ2v) is 7.49. The third kappa shape index (κ3) is 4.44. The van der Waals surface area contributed by atoms with Gasteiger partial charge in [-0.25, -0.2) is 0 Å². The average Bonchev–Trinajstić information content (AvgIpc) is 2.23. The molecule has 0 aromatic carbocycles. The van der Waals surface area contributed by atoms with Crippen molar-refractivity contribution in [2.45, 2.75) is 59.9 Å². The molecule has 0 amide bonds. The lowest BCUT2D eigenvalue weighted by molar-refractivity contribution is 0.105. The summed E-state index contributed by atoms with van der Waals surface area (Å²) in [4.78, 5) is 12.4. The van der Waals surface area contributed by atoms with E-state index in [2.05, 4.69) is 48.0 Å². The number of nitrogens with one attached hydrogen (secondary N) is 1. The zero-order chi connectivity index (χ0) is 15.7. The molecule has 1 saturated carbocycles. The Kier molecular flexibility index (Phi) is 4.25. The van der Waals surface area contributed by atoms with Gasteiger partial charge in [0.15, 0.2) is 0 Å². The average molecular weight is 293 g/mol. The molecule has 1 heterocycles. The molecule has 0 atom stereocenters. The highest BCUT2D eigenvalue weighted by Crippen LogP contribution is 2.46. The number of hydrogen-bond acceptors (Lipinski definition) is 6. The first-order chi connectivity index (χ1) is 9.69. The molecule has 0 spiro atoms. The van der Waals surface area contributed by atoms with E-state index in [0.29, 0.717) is 29.4 Å². The van der Waals surface area contributed by atoms with Crippen molar-refractivity contribution in [3.05, 3.63) is 0 Å². The molecule has 2 rings (SSSR count). The normalized spacial score (nSPS) is 21.0. The number of nitrogens with zero attached hydrogens (tertiary/aromatic N) is 3. The van der Waals surface area contributed by atoms with E-state index in [1.54, 1.807) is 0 Å². The third-order valence-electron chi connectivity index (χ3n) is 3.79. The first-order valence-corrected chi connectivity index (χ1v) is 7.60. The largest absolute Gasteiger partial charge is 0.464 e. The number of aromatic nitrogens is 3. The highest BCUT2D eigenvalue weighted by Gasteiger charge is 2.38. The standard InChI is InChI=1S/C15H27N5O/c1-6-21-13-19-11(16)18-12(20-13)17-10-7-14(2,3)9-15(4,5)8-10/h10H,6-9H2,1-5H3,(H3,16,17,18,19,20). The Balaban J connectivity index is 2.13. The zero-order valence-corrected chi connectivity index (χ0v) is 13.7. The van der Waals surface area contributed by atoms with Crippen molar-refractivity contribution >= 4 is 11.9 Å². The molecule has 1 fully saturated rings. The van der Waals surface area contributed by atoms with Gasteiger partial charge in [-0.1, -0.05) is 27.7 Å². The van der Waals surface area contributed by atoms with Crippen molar-refractivity contribution in [3.8, 4) is 6.01 Å².